The van der Waals surface area contributed by atoms with Crippen LogP contribution in [-0.2, 0) is 7.05 Å². The largest absolute Gasteiger partial charge is 0.334 e. The van der Waals surface area contributed by atoms with Crippen LogP contribution < -0.4 is 5.56 Å². The normalized spacial score (nSPS) is 11.4. The van der Waals surface area contributed by atoms with Gasteiger partial charge in [-0.25, -0.2) is 0 Å². The van der Waals surface area contributed by atoms with Crippen molar-refractivity contribution < 1.29 is 4.79 Å². The highest BCUT2D eigenvalue weighted by Crippen LogP contribution is 2.24. The molecule has 0 fully saturated rings. The van der Waals surface area contributed by atoms with Crippen LogP contribution in [0.4, 0.5) is 0 Å². The molecular weight excluding hydrogens is 336 g/mol. The molecule has 2 aromatic carbocycles. The quantitative estimate of drug-likeness (QED) is 0.687. The minimum Gasteiger partial charge on any atom is -0.334 e. The molecule has 0 atom stereocenters. The molecule has 0 N–H and O–H groups in total. The van der Waals surface area contributed by atoms with E-state index in [1.54, 1.807) is 17.7 Å². The average Bonchev–Trinajstić information content (AvgIpc) is 2.64. The lowest BCUT2D eigenvalue weighted by Crippen LogP contribution is -2.42. The Bertz CT molecular complexity index is 1020. The number of pyridine rings is 1. The van der Waals surface area contributed by atoms with Crippen molar-refractivity contribution in [3.8, 4) is 11.1 Å². The number of carbonyl (C=O) groups excluding carboxylic acids is 1. The number of nitrogens with zero attached hydrogens (tertiary/aromatic N) is 2. The predicted octanol–water partition coefficient (Wildman–Crippen LogP) is 4.46. The number of hydrogen-bond acceptors (Lipinski definition) is 2. The van der Waals surface area contributed by atoms with Gasteiger partial charge in [0.05, 0.1) is 5.52 Å². The maximum absolute atomic E-state index is 12.8. The van der Waals surface area contributed by atoms with E-state index in [1.165, 1.54) is 0 Å². The summed E-state index contributed by atoms with van der Waals surface area (Å²) in [6.45, 7) is 8.15. The molecule has 1 aromatic heterocycles. The fourth-order valence-electron chi connectivity index (χ4n) is 3.58. The van der Waals surface area contributed by atoms with E-state index in [0.717, 1.165) is 22.0 Å². The van der Waals surface area contributed by atoms with E-state index < -0.39 is 0 Å². The first-order chi connectivity index (χ1) is 12.8. The third-order valence-corrected chi connectivity index (χ3v) is 4.94. The van der Waals surface area contributed by atoms with Crippen molar-refractivity contribution in [3.63, 3.8) is 0 Å². The Kier molecular flexibility index (Phi) is 5.17. The van der Waals surface area contributed by atoms with Gasteiger partial charge in [0.2, 0.25) is 0 Å². The molecule has 3 rings (SSSR count). The van der Waals surface area contributed by atoms with Crippen molar-refractivity contribution in [1.29, 1.82) is 0 Å². The van der Waals surface area contributed by atoms with E-state index in [2.05, 4.69) is 6.07 Å². The number of benzene rings is 2. The summed E-state index contributed by atoms with van der Waals surface area (Å²) >= 11 is 0. The van der Waals surface area contributed by atoms with Gasteiger partial charge >= 0.3 is 0 Å². The molecule has 4 nitrogen and oxygen atoms in total. The number of fused-ring (bicyclic) bond motifs is 1. The van der Waals surface area contributed by atoms with Crippen LogP contribution in [0.5, 0.6) is 0 Å². The highest BCUT2D eigenvalue weighted by atomic mass is 16.2. The molecule has 0 aliphatic rings. The smallest absolute Gasteiger partial charge is 0.254 e. The SMILES string of the molecule is CC(C)N(C(=O)c1ccc(-c2ccc3c(ccc(=O)n3C)c2)cc1)C(C)C. The molecule has 0 aliphatic heterocycles. The zero-order valence-electron chi connectivity index (χ0n) is 16.6. The molecule has 0 aliphatic carbocycles. The van der Waals surface area contributed by atoms with Crippen LogP contribution in [0.3, 0.4) is 0 Å². The van der Waals surface area contributed by atoms with Crippen molar-refractivity contribution in [2.75, 3.05) is 0 Å². The van der Waals surface area contributed by atoms with E-state index in [1.807, 2.05) is 75.1 Å². The van der Waals surface area contributed by atoms with Crippen LogP contribution in [0.2, 0.25) is 0 Å². The van der Waals surface area contributed by atoms with E-state index >= 15 is 0 Å². The first-order valence-electron chi connectivity index (χ1n) is 9.32. The van der Waals surface area contributed by atoms with Crippen molar-refractivity contribution in [2.45, 2.75) is 39.8 Å². The number of aromatic nitrogens is 1. The summed E-state index contributed by atoms with van der Waals surface area (Å²) in [5, 5.41) is 1.01. The molecule has 0 spiro atoms. The van der Waals surface area contributed by atoms with Gasteiger partial charge in [-0.05, 0) is 74.5 Å². The number of hydrogen-bond donors (Lipinski definition) is 0. The van der Waals surface area contributed by atoms with Crippen LogP contribution in [0.1, 0.15) is 38.1 Å². The molecule has 3 aromatic rings. The Morgan fingerprint density at radius 2 is 1.44 bits per heavy atom. The fourth-order valence-corrected chi connectivity index (χ4v) is 3.58. The lowest BCUT2D eigenvalue weighted by atomic mass is 10.0. The van der Waals surface area contributed by atoms with Crippen molar-refractivity contribution in [1.82, 2.24) is 9.47 Å². The van der Waals surface area contributed by atoms with Crippen LogP contribution in [0.25, 0.3) is 22.0 Å². The van der Waals surface area contributed by atoms with Crippen molar-refractivity contribution in [2.24, 2.45) is 7.05 Å². The molecular formula is C23H26N2O2. The summed E-state index contributed by atoms with van der Waals surface area (Å²) in [6, 6.07) is 17.5. The third-order valence-electron chi connectivity index (χ3n) is 4.94. The Morgan fingerprint density at radius 1 is 0.852 bits per heavy atom. The van der Waals surface area contributed by atoms with E-state index in [4.69, 9.17) is 0 Å². The van der Waals surface area contributed by atoms with Gasteiger partial charge in [0, 0.05) is 30.8 Å². The molecule has 0 saturated carbocycles. The molecule has 4 heteroatoms. The molecule has 1 heterocycles. The van der Waals surface area contributed by atoms with Crippen LogP contribution in [-0.4, -0.2) is 27.5 Å². The van der Waals surface area contributed by atoms with Crippen LogP contribution in [0, 0.1) is 0 Å². The number of carbonyl (C=O) groups is 1. The van der Waals surface area contributed by atoms with Gasteiger partial charge < -0.3 is 9.47 Å². The third kappa shape index (κ3) is 3.65. The minimum atomic E-state index is -0.0158. The predicted molar refractivity (Wildman–Crippen MR) is 111 cm³/mol. The maximum atomic E-state index is 12.8. The highest BCUT2D eigenvalue weighted by Gasteiger charge is 2.21. The van der Waals surface area contributed by atoms with E-state index in [9.17, 15) is 9.59 Å². The monoisotopic (exact) mass is 362 g/mol. The molecule has 0 radical (unpaired) electrons. The first-order valence-corrected chi connectivity index (χ1v) is 9.32. The fraction of sp³-hybridized carbons (Fsp3) is 0.304. The van der Waals surface area contributed by atoms with Crippen molar-refractivity contribution >= 4 is 16.8 Å². The zero-order valence-corrected chi connectivity index (χ0v) is 16.6. The Hall–Kier alpha value is -2.88. The summed E-state index contributed by atoms with van der Waals surface area (Å²) in [5.74, 6) is 0.0556. The zero-order chi connectivity index (χ0) is 19.7. The minimum absolute atomic E-state index is 0.0158. The molecule has 140 valence electrons. The summed E-state index contributed by atoms with van der Waals surface area (Å²) in [5.41, 5.74) is 3.69. The standard InChI is InChI=1S/C23H26N2O2/c1-15(2)25(16(3)4)23(27)18-8-6-17(7-9-18)19-10-12-21-20(14-19)11-13-22(26)24(21)5/h6-16H,1-5H3. The Labute approximate surface area is 160 Å². The van der Waals surface area contributed by atoms with Crippen LogP contribution in [0.15, 0.2) is 59.4 Å². The van der Waals surface area contributed by atoms with E-state index in [-0.39, 0.29) is 23.6 Å². The van der Waals surface area contributed by atoms with Crippen LogP contribution >= 0.6 is 0 Å². The molecule has 0 unspecified atom stereocenters. The molecule has 0 saturated heterocycles. The molecule has 1 amide bonds. The molecule has 27 heavy (non-hydrogen) atoms. The lowest BCUT2D eigenvalue weighted by Gasteiger charge is -2.30. The second-order valence-electron chi connectivity index (χ2n) is 7.48. The van der Waals surface area contributed by atoms with Gasteiger partial charge in [0.1, 0.15) is 0 Å². The van der Waals surface area contributed by atoms with Crippen molar-refractivity contribution in [3.05, 3.63) is 70.5 Å². The summed E-state index contributed by atoms with van der Waals surface area (Å²) < 4.78 is 1.65. The van der Waals surface area contributed by atoms with Gasteiger partial charge in [-0.15, -0.1) is 0 Å². The Balaban J connectivity index is 1.93. The number of aryl methyl sites for hydroxylation is 1. The maximum Gasteiger partial charge on any atom is 0.254 e. The molecule has 0 bridgehead atoms. The van der Waals surface area contributed by atoms with E-state index in [0.29, 0.717) is 5.56 Å². The van der Waals surface area contributed by atoms with Gasteiger partial charge in [-0.3, -0.25) is 9.59 Å². The second kappa shape index (κ2) is 7.39. The lowest BCUT2D eigenvalue weighted by molar-refractivity contribution is 0.0644. The van der Waals surface area contributed by atoms with Gasteiger partial charge in [-0.2, -0.15) is 0 Å². The topological polar surface area (TPSA) is 42.3 Å². The summed E-state index contributed by atoms with van der Waals surface area (Å²) in [7, 11) is 1.78. The summed E-state index contributed by atoms with van der Waals surface area (Å²) in [4.78, 5) is 26.5. The first kappa shape index (κ1) is 18.9. The average molecular weight is 362 g/mol. The highest BCUT2D eigenvalue weighted by molar-refractivity contribution is 5.95. The second-order valence-corrected chi connectivity index (χ2v) is 7.48. The number of amides is 1. The van der Waals surface area contributed by atoms with Gasteiger partial charge in [0.25, 0.3) is 11.5 Å². The summed E-state index contributed by atoms with van der Waals surface area (Å²) in [6.07, 6.45) is 0. The number of rotatable bonds is 4. The van der Waals surface area contributed by atoms with Gasteiger partial charge in [-0.1, -0.05) is 18.2 Å². The Morgan fingerprint density at radius 3 is 2.04 bits per heavy atom. The van der Waals surface area contributed by atoms with Gasteiger partial charge in [0.15, 0.2) is 0 Å².